The summed E-state index contributed by atoms with van der Waals surface area (Å²) >= 11 is 5.47. The minimum absolute atomic E-state index is 0.0552. The molecule has 88 valence electrons. The van der Waals surface area contributed by atoms with E-state index in [0.717, 1.165) is 22.2 Å². The molecule has 0 aliphatic carbocycles. The number of nitrogens with one attached hydrogen (secondary N) is 1. The van der Waals surface area contributed by atoms with E-state index in [9.17, 15) is 4.79 Å². The van der Waals surface area contributed by atoms with Gasteiger partial charge in [0.05, 0.1) is 7.11 Å². The summed E-state index contributed by atoms with van der Waals surface area (Å²) in [6, 6.07) is 11.4. The molecule has 2 aromatic carbocycles. The molecule has 4 heteroatoms. The van der Waals surface area contributed by atoms with Gasteiger partial charge in [-0.1, -0.05) is 24.3 Å². The number of carbonyl (C=O) groups is 1. The van der Waals surface area contributed by atoms with Gasteiger partial charge in [-0.05, 0) is 12.1 Å². The molecule has 0 aliphatic rings. The second-order valence-electron chi connectivity index (χ2n) is 3.54. The minimum Gasteiger partial charge on any atom is -0.496 e. The molecule has 0 heterocycles. The number of rotatable bonds is 3. The van der Waals surface area contributed by atoms with Crippen molar-refractivity contribution in [1.29, 1.82) is 0 Å². The lowest BCUT2D eigenvalue weighted by molar-refractivity contribution is -0.113. The van der Waals surface area contributed by atoms with Crippen LogP contribution in [0.4, 0.5) is 5.69 Å². The second kappa shape index (κ2) is 5.06. The maximum absolute atomic E-state index is 11.3. The van der Waals surface area contributed by atoms with Crippen LogP contribution in [0.2, 0.25) is 0 Å². The van der Waals surface area contributed by atoms with Gasteiger partial charge >= 0.3 is 0 Å². The van der Waals surface area contributed by atoms with Gasteiger partial charge < -0.3 is 10.1 Å². The van der Waals surface area contributed by atoms with Gasteiger partial charge in [0.15, 0.2) is 0 Å². The van der Waals surface area contributed by atoms with E-state index in [1.165, 1.54) is 0 Å². The SMILES string of the molecule is COc1ccc(NC(=O)CCl)c2ccccc12. The molecule has 1 amide bonds. The average Bonchev–Trinajstić information content (AvgIpc) is 2.39. The van der Waals surface area contributed by atoms with Gasteiger partial charge in [-0.3, -0.25) is 4.79 Å². The molecule has 3 nitrogen and oxygen atoms in total. The van der Waals surface area contributed by atoms with Gasteiger partial charge in [0.2, 0.25) is 5.91 Å². The monoisotopic (exact) mass is 249 g/mol. The number of hydrogen-bond donors (Lipinski definition) is 1. The summed E-state index contributed by atoms with van der Waals surface area (Å²) in [5.74, 6) is 0.506. The lowest BCUT2D eigenvalue weighted by Gasteiger charge is -2.10. The van der Waals surface area contributed by atoms with Gasteiger partial charge in [-0.15, -0.1) is 11.6 Å². The first-order chi connectivity index (χ1) is 8.26. The lowest BCUT2D eigenvalue weighted by Crippen LogP contribution is -2.12. The van der Waals surface area contributed by atoms with Crippen LogP contribution < -0.4 is 10.1 Å². The fraction of sp³-hybridized carbons (Fsp3) is 0.154. The van der Waals surface area contributed by atoms with Crippen LogP contribution in [0.5, 0.6) is 5.75 Å². The summed E-state index contributed by atoms with van der Waals surface area (Å²) in [4.78, 5) is 11.3. The predicted octanol–water partition coefficient (Wildman–Crippen LogP) is 3.03. The molecular weight excluding hydrogens is 238 g/mol. The Bertz CT molecular complexity index is 554. The number of alkyl halides is 1. The lowest BCUT2D eigenvalue weighted by atomic mass is 10.1. The van der Waals surface area contributed by atoms with Crippen LogP contribution in [0.15, 0.2) is 36.4 Å². The van der Waals surface area contributed by atoms with Crippen LogP contribution >= 0.6 is 11.6 Å². The normalized spacial score (nSPS) is 10.2. The maximum Gasteiger partial charge on any atom is 0.239 e. The number of ether oxygens (including phenoxy) is 1. The van der Waals surface area contributed by atoms with Crippen molar-refractivity contribution in [3.8, 4) is 5.75 Å². The van der Waals surface area contributed by atoms with Gasteiger partial charge in [0, 0.05) is 16.5 Å². The third kappa shape index (κ3) is 2.34. The summed E-state index contributed by atoms with van der Waals surface area (Å²) in [5, 5.41) is 4.66. The molecule has 0 fully saturated rings. The average molecular weight is 250 g/mol. The Morgan fingerprint density at radius 2 is 1.94 bits per heavy atom. The first kappa shape index (κ1) is 11.7. The van der Waals surface area contributed by atoms with Gasteiger partial charge in [-0.2, -0.15) is 0 Å². The van der Waals surface area contributed by atoms with E-state index in [2.05, 4.69) is 5.32 Å². The largest absolute Gasteiger partial charge is 0.496 e. The van der Waals surface area contributed by atoms with E-state index in [0.29, 0.717) is 0 Å². The number of anilines is 1. The molecule has 2 aromatic rings. The van der Waals surface area contributed by atoms with E-state index in [1.807, 2.05) is 36.4 Å². The quantitative estimate of drug-likeness (QED) is 0.850. The van der Waals surface area contributed by atoms with Crippen LogP contribution in [-0.2, 0) is 4.79 Å². The van der Waals surface area contributed by atoms with Crippen LogP contribution in [0.3, 0.4) is 0 Å². The molecule has 0 saturated carbocycles. The maximum atomic E-state index is 11.3. The van der Waals surface area contributed by atoms with E-state index >= 15 is 0 Å². The molecule has 0 saturated heterocycles. The molecule has 1 N–H and O–H groups in total. The second-order valence-corrected chi connectivity index (χ2v) is 3.81. The predicted molar refractivity (Wildman–Crippen MR) is 69.8 cm³/mol. The third-order valence-corrected chi connectivity index (χ3v) is 2.74. The Kier molecular flexibility index (Phi) is 3.49. The van der Waals surface area contributed by atoms with Crippen LogP contribution in [-0.4, -0.2) is 18.9 Å². The van der Waals surface area contributed by atoms with Crippen molar-refractivity contribution >= 4 is 34.0 Å². The summed E-state index contributed by atoms with van der Waals surface area (Å²) in [5.41, 5.74) is 0.743. The Morgan fingerprint density at radius 3 is 2.59 bits per heavy atom. The number of benzene rings is 2. The summed E-state index contributed by atoms with van der Waals surface area (Å²) in [6.45, 7) is 0. The first-order valence-electron chi connectivity index (χ1n) is 5.18. The molecule has 0 aliphatic heterocycles. The van der Waals surface area contributed by atoms with Crippen molar-refractivity contribution in [2.75, 3.05) is 18.3 Å². The number of fused-ring (bicyclic) bond motifs is 1. The molecule has 0 radical (unpaired) electrons. The zero-order valence-corrected chi connectivity index (χ0v) is 10.1. The summed E-state index contributed by atoms with van der Waals surface area (Å²) < 4.78 is 5.27. The van der Waals surface area contributed by atoms with Crippen molar-refractivity contribution in [2.45, 2.75) is 0 Å². The zero-order chi connectivity index (χ0) is 12.3. The smallest absolute Gasteiger partial charge is 0.239 e. The molecule has 0 atom stereocenters. The number of carbonyl (C=O) groups excluding carboxylic acids is 1. The van der Waals surface area contributed by atoms with Crippen LogP contribution in [0, 0.1) is 0 Å². The molecule has 2 rings (SSSR count). The third-order valence-electron chi connectivity index (χ3n) is 2.50. The highest BCUT2D eigenvalue weighted by atomic mass is 35.5. The van der Waals surface area contributed by atoms with Crippen molar-refractivity contribution < 1.29 is 9.53 Å². The van der Waals surface area contributed by atoms with E-state index in [4.69, 9.17) is 16.3 Å². The Labute approximate surface area is 104 Å². The zero-order valence-electron chi connectivity index (χ0n) is 9.37. The number of hydrogen-bond acceptors (Lipinski definition) is 2. The number of methoxy groups -OCH3 is 1. The molecule has 0 aromatic heterocycles. The standard InChI is InChI=1S/C13H12ClNO2/c1-17-12-7-6-11(15-13(16)8-14)9-4-2-3-5-10(9)12/h2-7H,8H2,1H3,(H,15,16). The Hall–Kier alpha value is -1.74. The van der Waals surface area contributed by atoms with Crippen LogP contribution in [0.1, 0.15) is 0 Å². The number of amides is 1. The van der Waals surface area contributed by atoms with Gasteiger partial charge in [0.25, 0.3) is 0 Å². The molecular formula is C13H12ClNO2. The minimum atomic E-state index is -0.220. The van der Waals surface area contributed by atoms with Crippen LogP contribution in [0.25, 0.3) is 10.8 Å². The first-order valence-corrected chi connectivity index (χ1v) is 5.71. The van der Waals surface area contributed by atoms with Crippen molar-refractivity contribution in [2.24, 2.45) is 0 Å². The fourth-order valence-corrected chi connectivity index (χ4v) is 1.81. The highest BCUT2D eigenvalue weighted by Crippen LogP contribution is 2.31. The topological polar surface area (TPSA) is 38.3 Å². The Balaban J connectivity index is 2.54. The summed E-state index contributed by atoms with van der Waals surface area (Å²) in [6.07, 6.45) is 0. The highest BCUT2D eigenvalue weighted by Gasteiger charge is 2.07. The van der Waals surface area contributed by atoms with E-state index in [1.54, 1.807) is 7.11 Å². The highest BCUT2D eigenvalue weighted by molar-refractivity contribution is 6.29. The van der Waals surface area contributed by atoms with Crippen molar-refractivity contribution in [3.05, 3.63) is 36.4 Å². The van der Waals surface area contributed by atoms with Gasteiger partial charge in [0.1, 0.15) is 11.6 Å². The van der Waals surface area contributed by atoms with Crippen molar-refractivity contribution in [1.82, 2.24) is 0 Å². The molecule has 0 spiro atoms. The van der Waals surface area contributed by atoms with Gasteiger partial charge in [-0.25, -0.2) is 0 Å². The Morgan fingerprint density at radius 1 is 1.24 bits per heavy atom. The van der Waals surface area contributed by atoms with Crippen molar-refractivity contribution in [3.63, 3.8) is 0 Å². The van der Waals surface area contributed by atoms with E-state index < -0.39 is 0 Å². The fourth-order valence-electron chi connectivity index (χ4n) is 1.74. The van der Waals surface area contributed by atoms with E-state index in [-0.39, 0.29) is 11.8 Å². The molecule has 0 unspecified atom stereocenters. The number of halogens is 1. The summed E-state index contributed by atoms with van der Waals surface area (Å²) in [7, 11) is 1.62. The molecule has 0 bridgehead atoms. The molecule has 17 heavy (non-hydrogen) atoms.